The van der Waals surface area contributed by atoms with Crippen LogP contribution in [0.5, 0.6) is 0 Å². The molecule has 0 fully saturated rings. The van der Waals surface area contributed by atoms with Crippen molar-refractivity contribution < 1.29 is 9.32 Å². The molecule has 0 spiro atoms. The highest BCUT2D eigenvalue weighted by molar-refractivity contribution is 9.10. The number of nitrogens with zero attached hydrogens (tertiary/aromatic N) is 1. The van der Waals surface area contributed by atoms with Gasteiger partial charge in [0.2, 0.25) is 0 Å². The van der Waals surface area contributed by atoms with Crippen molar-refractivity contribution in [2.75, 3.05) is 5.73 Å². The van der Waals surface area contributed by atoms with E-state index in [1.54, 1.807) is 24.3 Å². The van der Waals surface area contributed by atoms with Crippen LogP contribution in [0.15, 0.2) is 39.5 Å². The van der Waals surface area contributed by atoms with Crippen LogP contribution in [0.4, 0.5) is 5.69 Å². The summed E-state index contributed by atoms with van der Waals surface area (Å²) in [5.74, 6) is 0.348. The van der Waals surface area contributed by atoms with Crippen LogP contribution in [-0.4, -0.2) is 11.1 Å². The Hall–Kier alpha value is -1.82. The van der Waals surface area contributed by atoms with Crippen molar-refractivity contribution >= 4 is 27.5 Å². The van der Waals surface area contributed by atoms with E-state index in [9.17, 15) is 4.79 Å². The van der Waals surface area contributed by atoms with E-state index in [-0.39, 0.29) is 12.5 Å². The fraction of sp³-hybridized carbons (Fsp3) is 0.0909. The Kier molecular flexibility index (Phi) is 3.43. The molecule has 0 bridgehead atoms. The molecule has 0 aliphatic carbocycles. The van der Waals surface area contributed by atoms with Gasteiger partial charge in [-0.15, -0.1) is 0 Å². The number of benzene rings is 1. The van der Waals surface area contributed by atoms with Gasteiger partial charge < -0.3 is 15.6 Å². The molecule has 1 amide bonds. The molecular weight excluding hydrogens is 286 g/mol. The second-order valence-corrected chi connectivity index (χ2v) is 4.31. The normalized spacial score (nSPS) is 10.2. The summed E-state index contributed by atoms with van der Waals surface area (Å²) in [6.07, 6.45) is 1.52. The van der Waals surface area contributed by atoms with E-state index in [4.69, 9.17) is 10.3 Å². The molecule has 1 heterocycles. The quantitative estimate of drug-likeness (QED) is 0.848. The number of carbonyl (C=O) groups excluding carboxylic acids is 1. The van der Waals surface area contributed by atoms with Crippen LogP contribution in [0.2, 0.25) is 0 Å². The first kappa shape index (κ1) is 11.7. The third kappa shape index (κ3) is 2.85. The van der Waals surface area contributed by atoms with Crippen molar-refractivity contribution in [3.63, 3.8) is 0 Å². The molecule has 0 atom stereocenters. The van der Waals surface area contributed by atoms with Gasteiger partial charge in [0.15, 0.2) is 5.76 Å². The first-order valence-corrected chi connectivity index (χ1v) is 5.69. The van der Waals surface area contributed by atoms with Crippen LogP contribution in [0, 0.1) is 0 Å². The zero-order chi connectivity index (χ0) is 12.3. The van der Waals surface area contributed by atoms with Gasteiger partial charge in [0, 0.05) is 16.2 Å². The molecule has 3 N–H and O–H groups in total. The monoisotopic (exact) mass is 295 g/mol. The Morgan fingerprint density at radius 1 is 1.47 bits per heavy atom. The third-order valence-corrected chi connectivity index (χ3v) is 2.67. The molecule has 0 saturated heterocycles. The van der Waals surface area contributed by atoms with Crippen LogP contribution < -0.4 is 11.1 Å². The number of carbonyl (C=O) groups is 1. The maximum Gasteiger partial charge on any atom is 0.253 e. The topological polar surface area (TPSA) is 81.2 Å². The molecule has 88 valence electrons. The summed E-state index contributed by atoms with van der Waals surface area (Å²) in [5.41, 5.74) is 6.61. The highest BCUT2D eigenvalue weighted by Gasteiger charge is 2.10. The summed E-state index contributed by atoms with van der Waals surface area (Å²) in [5, 5.41) is 6.24. The predicted octanol–water partition coefficient (Wildman–Crippen LogP) is 1.95. The van der Waals surface area contributed by atoms with Crippen molar-refractivity contribution in [2.24, 2.45) is 0 Å². The van der Waals surface area contributed by atoms with Crippen LogP contribution in [0.3, 0.4) is 0 Å². The maximum atomic E-state index is 11.8. The minimum atomic E-state index is -0.244. The minimum absolute atomic E-state index is 0.244. The van der Waals surface area contributed by atoms with E-state index in [0.29, 0.717) is 17.0 Å². The summed E-state index contributed by atoms with van der Waals surface area (Å²) in [7, 11) is 0. The Morgan fingerprint density at radius 3 is 2.94 bits per heavy atom. The second-order valence-electron chi connectivity index (χ2n) is 3.39. The predicted molar refractivity (Wildman–Crippen MR) is 66.2 cm³/mol. The van der Waals surface area contributed by atoms with E-state index >= 15 is 0 Å². The number of nitrogen functional groups attached to an aromatic ring is 1. The van der Waals surface area contributed by atoms with Gasteiger partial charge in [-0.2, -0.15) is 0 Å². The summed E-state index contributed by atoms with van der Waals surface area (Å²) >= 11 is 3.28. The number of nitrogens with one attached hydrogen (secondary N) is 1. The van der Waals surface area contributed by atoms with Crippen molar-refractivity contribution in [1.82, 2.24) is 10.5 Å². The summed E-state index contributed by atoms with van der Waals surface area (Å²) in [6.45, 7) is 0.286. The second kappa shape index (κ2) is 5.01. The number of rotatable bonds is 3. The molecule has 5 nitrogen and oxygen atoms in total. The van der Waals surface area contributed by atoms with Gasteiger partial charge in [-0.3, -0.25) is 4.79 Å². The van der Waals surface area contributed by atoms with Gasteiger partial charge in [-0.05, 0) is 18.2 Å². The van der Waals surface area contributed by atoms with E-state index in [0.717, 1.165) is 4.47 Å². The Labute approximate surface area is 106 Å². The number of hydrogen-bond acceptors (Lipinski definition) is 4. The number of nitrogens with two attached hydrogens (primary N) is 1. The van der Waals surface area contributed by atoms with Gasteiger partial charge in [0.1, 0.15) is 0 Å². The van der Waals surface area contributed by atoms with Crippen LogP contribution in [-0.2, 0) is 6.54 Å². The smallest absolute Gasteiger partial charge is 0.253 e. The largest absolute Gasteiger partial charge is 0.398 e. The Bertz CT molecular complexity index is 526. The molecule has 0 aliphatic rings. The molecule has 1 aromatic carbocycles. The molecule has 0 aliphatic heterocycles. The highest BCUT2D eigenvalue weighted by atomic mass is 79.9. The zero-order valence-electron chi connectivity index (χ0n) is 8.81. The van der Waals surface area contributed by atoms with Crippen LogP contribution in [0.1, 0.15) is 16.1 Å². The lowest BCUT2D eigenvalue weighted by atomic mass is 10.1. The summed E-state index contributed by atoms with van der Waals surface area (Å²) < 4.78 is 5.70. The molecule has 0 unspecified atom stereocenters. The van der Waals surface area contributed by atoms with Gasteiger partial charge in [0.05, 0.1) is 18.3 Å². The number of anilines is 1. The standard InChI is InChI=1S/C11H10BrN3O2/c12-7-1-2-9(10(13)5-7)11(16)14-6-8-3-4-15-17-8/h1-5H,6,13H2,(H,14,16). The van der Waals surface area contributed by atoms with Gasteiger partial charge >= 0.3 is 0 Å². The maximum absolute atomic E-state index is 11.8. The van der Waals surface area contributed by atoms with Crippen molar-refractivity contribution in [2.45, 2.75) is 6.54 Å². The molecule has 1 aromatic heterocycles. The third-order valence-electron chi connectivity index (χ3n) is 2.17. The molecule has 17 heavy (non-hydrogen) atoms. The van der Waals surface area contributed by atoms with Crippen LogP contribution >= 0.6 is 15.9 Å². The van der Waals surface area contributed by atoms with Gasteiger partial charge in [0.25, 0.3) is 5.91 Å². The molecule has 0 radical (unpaired) electrons. The molecule has 6 heteroatoms. The van der Waals surface area contributed by atoms with E-state index in [1.165, 1.54) is 6.20 Å². The molecule has 0 saturated carbocycles. The number of aromatic nitrogens is 1. The number of halogens is 1. The van der Waals surface area contributed by atoms with E-state index in [1.807, 2.05) is 0 Å². The van der Waals surface area contributed by atoms with Crippen molar-refractivity contribution in [3.8, 4) is 0 Å². The van der Waals surface area contributed by atoms with Crippen LogP contribution in [0.25, 0.3) is 0 Å². The lowest BCUT2D eigenvalue weighted by Crippen LogP contribution is -2.23. The average Bonchev–Trinajstić information content (AvgIpc) is 2.78. The minimum Gasteiger partial charge on any atom is -0.398 e. The average molecular weight is 296 g/mol. The molecule has 2 rings (SSSR count). The summed E-state index contributed by atoms with van der Waals surface area (Å²) in [4.78, 5) is 11.8. The lowest BCUT2D eigenvalue weighted by Gasteiger charge is -2.06. The fourth-order valence-corrected chi connectivity index (χ4v) is 1.72. The summed E-state index contributed by atoms with van der Waals surface area (Å²) in [6, 6.07) is 6.80. The number of hydrogen-bond donors (Lipinski definition) is 2. The SMILES string of the molecule is Nc1cc(Br)ccc1C(=O)NCc1ccno1. The zero-order valence-corrected chi connectivity index (χ0v) is 10.4. The molecular formula is C11H10BrN3O2. The van der Waals surface area contributed by atoms with Gasteiger partial charge in [-0.25, -0.2) is 0 Å². The van der Waals surface area contributed by atoms with Crippen molar-refractivity contribution in [1.29, 1.82) is 0 Å². The van der Waals surface area contributed by atoms with Crippen molar-refractivity contribution in [3.05, 3.63) is 46.3 Å². The first-order valence-electron chi connectivity index (χ1n) is 4.89. The number of amides is 1. The van der Waals surface area contributed by atoms with Gasteiger partial charge in [-0.1, -0.05) is 21.1 Å². The lowest BCUT2D eigenvalue weighted by molar-refractivity contribution is 0.0948. The van der Waals surface area contributed by atoms with E-state index < -0.39 is 0 Å². The molecule has 2 aromatic rings. The Balaban J connectivity index is 2.04. The highest BCUT2D eigenvalue weighted by Crippen LogP contribution is 2.18. The van der Waals surface area contributed by atoms with E-state index in [2.05, 4.69) is 26.4 Å². The first-order chi connectivity index (χ1) is 8.16. The Morgan fingerprint density at radius 2 is 2.29 bits per heavy atom. The fourth-order valence-electron chi connectivity index (χ4n) is 1.34.